The van der Waals surface area contributed by atoms with Gasteiger partial charge in [-0.2, -0.15) is 0 Å². The molecule has 2 rings (SSSR count). The molecule has 2 aliphatic heterocycles. The van der Waals surface area contributed by atoms with Gasteiger partial charge in [0, 0.05) is 16.6 Å². The largest absolute Gasteiger partial charge is 0.322 e. The normalized spacial score (nSPS) is 40.2. The minimum atomic E-state index is -0.963. The topological polar surface area (TPSA) is 75.3 Å². The van der Waals surface area contributed by atoms with Gasteiger partial charge in [-0.25, -0.2) is 4.79 Å². The van der Waals surface area contributed by atoms with Gasteiger partial charge in [-0.3, -0.25) is 14.3 Å². The van der Waals surface area contributed by atoms with Crippen molar-refractivity contribution >= 4 is 22.7 Å². The van der Waals surface area contributed by atoms with Crippen LogP contribution in [0.4, 0.5) is 4.79 Å². The van der Waals surface area contributed by atoms with E-state index < -0.39 is 22.4 Å². The van der Waals surface area contributed by atoms with E-state index in [1.54, 1.807) is 0 Å². The molecule has 2 heterocycles. The van der Waals surface area contributed by atoms with Gasteiger partial charge in [0.1, 0.15) is 5.54 Å². The third-order valence-electron chi connectivity index (χ3n) is 2.18. The third-order valence-corrected chi connectivity index (χ3v) is 3.65. The molecule has 0 radical (unpaired) electrons. The first-order valence-corrected chi connectivity index (χ1v) is 5.10. The molecule has 0 aliphatic carbocycles. The summed E-state index contributed by atoms with van der Waals surface area (Å²) >= 11 is 0. The maximum atomic E-state index is 11.2. The van der Waals surface area contributed by atoms with Crippen molar-refractivity contribution in [2.45, 2.75) is 12.0 Å². The van der Waals surface area contributed by atoms with Gasteiger partial charge < -0.3 is 5.32 Å². The van der Waals surface area contributed by atoms with Crippen LogP contribution in [-0.2, 0) is 15.6 Å². The lowest BCUT2D eigenvalue weighted by molar-refractivity contribution is -0.123. The molecule has 2 N–H and O–H groups in total. The van der Waals surface area contributed by atoms with E-state index >= 15 is 0 Å². The number of hydrogen-bond donors (Lipinski definition) is 2. The van der Waals surface area contributed by atoms with Crippen molar-refractivity contribution in [2.24, 2.45) is 0 Å². The van der Waals surface area contributed by atoms with E-state index in [2.05, 4.69) is 10.6 Å². The van der Waals surface area contributed by atoms with Crippen molar-refractivity contribution in [3.05, 3.63) is 0 Å². The summed E-state index contributed by atoms with van der Waals surface area (Å²) in [5.41, 5.74) is -0.859. The van der Waals surface area contributed by atoms with Gasteiger partial charge in [0.15, 0.2) is 0 Å². The average molecular weight is 188 g/mol. The number of nitrogens with one attached hydrogen (secondary N) is 2. The number of carbonyl (C=O) groups is 2. The quantitative estimate of drug-likeness (QED) is 0.465. The Balaban J connectivity index is 2.27. The Kier molecular flexibility index (Phi) is 1.47. The molecule has 0 aromatic heterocycles. The lowest BCUT2D eigenvalue weighted by atomic mass is 10.0. The van der Waals surface area contributed by atoms with Gasteiger partial charge in [-0.1, -0.05) is 0 Å². The first-order valence-electron chi connectivity index (χ1n) is 3.61. The second-order valence-corrected chi connectivity index (χ2v) is 4.61. The Morgan fingerprint density at radius 2 is 2.17 bits per heavy atom. The molecule has 1 spiro atoms. The van der Waals surface area contributed by atoms with Gasteiger partial charge in [0.25, 0.3) is 5.91 Å². The van der Waals surface area contributed by atoms with Gasteiger partial charge in [0.05, 0.1) is 5.75 Å². The van der Waals surface area contributed by atoms with Crippen molar-refractivity contribution in [1.29, 1.82) is 0 Å². The highest BCUT2D eigenvalue weighted by Gasteiger charge is 2.50. The van der Waals surface area contributed by atoms with E-state index in [1.807, 2.05) is 0 Å². The molecule has 66 valence electrons. The van der Waals surface area contributed by atoms with E-state index in [9.17, 15) is 13.8 Å². The number of rotatable bonds is 0. The van der Waals surface area contributed by atoms with E-state index in [0.717, 1.165) is 0 Å². The molecule has 2 atom stereocenters. The highest BCUT2D eigenvalue weighted by Crippen LogP contribution is 2.23. The SMILES string of the molecule is O=C1NC(=O)[C@@]2(CC[S@](=O)C2)N1. The summed E-state index contributed by atoms with van der Waals surface area (Å²) in [6.07, 6.45) is 0.483. The van der Waals surface area contributed by atoms with E-state index in [0.29, 0.717) is 12.2 Å². The van der Waals surface area contributed by atoms with Gasteiger partial charge in [-0.15, -0.1) is 0 Å². The fourth-order valence-electron chi connectivity index (χ4n) is 1.51. The summed E-state index contributed by atoms with van der Waals surface area (Å²) in [6.45, 7) is 0. The molecular formula is C6H8N2O3S. The van der Waals surface area contributed by atoms with Gasteiger partial charge in [0.2, 0.25) is 0 Å². The second-order valence-electron chi connectivity index (χ2n) is 3.03. The fraction of sp³-hybridized carbons (Fsp3) is 0.667. The van der Waals surface area contributed by atoms with Crippen molar-refractivity contribution in [1.82, 2.24) is 10.6 Å². The Labute approximate surface area is 71.3 Å². The number of amides is 3. The monoisotopic (exact) mass is 188 g/mol. The molecule has 5 nitrogen and oxygen atoms in total. The first kappa shape index (κ1) is 7.72. The lowest BCUT2D eigenvalue weighted by Crippen LogP contribution is -2.47. The number of carbonyl (C=O) groups excluding carboxylic acids is 2. The second kappa shape index (κ2) is 2.29. The van der Waals surface area contributed by atoms with Crippen molar-refractivity contribution in [2.75, 3.05) is 11.5 Å². The summed E-state index contributed by atoms with van der Waals surface area (Å²) in [5, 5.41) is 4.66. The van der Waals surface area contributed by atoms with E-state index in [4.69, 9.17) is 0 Å². The van der Waals surface area contributed by atoms with Crippen molar-refractivity contribution in [3.8, 4) is 0 Å². The zero-order valence-electron chi connectivity index (χ0n) is 6.25. The van der Waals surface area contributed by atoms with Crippen LogP contribution in [0.5, 0.6) is 0 Å². The van der Waals surface area contributed by atoms with Gasteiger partial charge in [-0.05, 0) is 6.42 Å². The summed E-state index contributed by atoms with van der Waals surface area (Å²) in [7, 11) is -0.963. The molecule has 2 aliphatic rings. The standard InChI is InChI=1S/C6H8N2O3S/c9-4-6(8-5(10)7-4)1-2-12(11)3-6/h1-3H2,(H2,7,8,9,10)/t6-,12-/m0/s1. The molecule has 2 saturated heterocycles. The highest BCUT2D eigenvalue weighted by atomic mass is 32.2. The molecule has 2 fully saturated rings. The summed E-state index contributed by atoms with van der Waals surface area (Å²) in [5.74, 6) is 0.413. The smallest absolute Gasteiger partial charge is 0.322 e. The van der Waals surface area contributed by atoms with E-state index in [-0.39, 0.29) is 11.7 Å². The maximum absolute atomic E-state index is 11.2. The molecule has 6 heteroatoms. The van der Waals surface area contributed by atoms with Crippen LogP contribution in [0.2, 0.25) is 0 Å². The van der Waals surface area contributed by atoms with Crippen LogP contribution >= 0.6 is 0 Å². The zero-order valence-corrected chi connectivity index (χ0v) is 7.07. The molecule has 0 bridgehead atoms. The minimum absolute atomic E-state index is 0.255. The Morgan fingerprint density at radius 1 is 1.42 bits per heavy atom. The van der Waals surface area contributed by atoms with Crippen LogP contribution in [0.25, 0.3) is 0 Å². The van der Waals surface area contributed by atoms with Crippen LogP contribution in [-0.4, -0.2) is 33.2 Å². The number of hydrogen-bond acceptors (Lipinski definition) is 3. The molecule has 0 aromatic rings. The zero-order chi connectivity index (χ0) is 8.77. The van der Waals surface area contributed by atoms with E-state index in [1.165, 1.54) is 0 Å². The molecular weight excluding hydrogens is 180 g/mol. The van der Waals surface area contributed by atoms with Crippen molar-refractivity contribution < 1.29 is 13.8 Å². The summed E-state index contributed by atoms with van der Waals surface area (Å²) < 4.78 is 11.0. The average Bonchev–Trinajstić information content (AvgIpc) is 2.43. The van der Waals surface area contributed by atoms with Gasteiger partial charge >= 0.3 is 6.03 Å². The third kappa shape index (κ3) is 0.945. The van der Waals surface area contributed by atoms with Crippen LogP contribution < -0.4 is 10.6 Å². The van der Waals surface area contributed by atoms with Crippen LogP contribution in [0.15, 0.2) is 0 Å². The Bertz CT molecular complexity index is 287. The molecule has 3 amide bonds. The fourth-order valence-corrected chi connectivity index (χ4v) is 3.13. The molecule has 0 aromatic carbocycles. The minimum Gasteiger partial charge on any atom is -0.322 e. The first-order chi connectivity index (χ1) is 5.62. The van der Waals surface area contributed by atoms with Crippen molar-refractivity contribution in [3.63, 3.8) is 0 Å². The molecule has 12 heavy (non-hydrogen) atoms. The lowest BCUT2D eigenvalue weighted by Gasteiger charge is -2.16. The van der Waals surface area contributed by atoms with Crippen LogP contribution in [0.1, 0.15) is 6.42 Å². The Morgan fingerprint density at radius 3 is 2.58 bits per heavy atom. The predicted molar refractivity (Wildman–Crippen MR) is 41.9 cm³/mol. The Hall–Kier alpha value is -0.910. The summed E-state index contributed by atoms with van der Waals surface area (Å²) in [4.78, 5) is 22.0. The number of imide groups is 1. The molecule has 0 unspecified atom stereocenters. The molecule has 0 saturated carbocycles. The van der Waals surface area contributed by atoms with Crippen LogP contribution in [0.3, 0.4) is 0 Å². The summed E-state index contributed by atoms with van der Waals surface area (Å²) in [6, 6.07) is -0.473. The van der Waals surface area contributed by atoms with Crippen LogP contribution in [0, 0.1) is 0 Å². The highest BCUT2D eigenvalue weighted by molar-refractivity contribution is 7.85. The predicted octanol–water partition coefficient (Wildman–Crippen LogP) is -1.28. The number of urea groups is 1. The maximum Gasteiger partial charge on any atom is 0.322 e.